The van der Waals surface area contributed by atoms with Crippen LogP contribution in [0.5, 0.6) is 5.88 Å². The zero-order chi connectivity index (χ0) is 25.0. The number of aromatic hydroxyl groups is 1. The third-order valence-corrected chi connectivity index (χ3v) is 7.37. The van der Waals surface area contributed by atoms with Gasteiger partial charge in [-0.1, -0.05) is 66.7 Å². The van der Waals surface area contributed by atoms with E-state index < -0.39 is 0 Å². The number of hydrogen-bond donors (Lipinski definition) is 1. The molecule has 1 aliphatic heterocycles. The predicted molar refractivity (Wildman–Crippen MR) is 148 cm³/mol. The lowest BCUT2D eigenvalue weighted by Crippen LogP contribution is -2.34. The van der Waals surface area contributed by atoms with Crippen molar-refractivity contribution in [3.8, 4) is 5.88 Å². The standard InChI is InChI=1S/C32H31N3O2/c36-32-30-12-5-4-10-26(30)22-35(32)29-17-20-34(21-18-29)28-15-13-25(14-16-28)31(24-8-2-1-3-9-24)37-23-27-11-6-7-19-33-27/h1-16,19,22,29,31,36H,17-18,20-21,23H2. The van der Waals surface area contributed by atoms with Crippen LogP contribution in [-0.2, 0) is 11.3 Å². The van der Waals surface area contributed by atoms with E-state index >= 15 is 0 Å². The summed E-state index contributed by atoms with van der Waals surface area (Å²) in [6.45, 7) is 2.36. The third kappa shape index (κ3) is 4.95. The molecule has 0 saturated carbocycles. The summed E-state index contributed by atoms with van der Waals surface area (Å²) < 4.78 is 8.45. The van der Waals surface area contributed by atoms with Gasteiger partial charge in [-0.3, -0.25) is 4.98 Å². The molecule has 1 unspecified atom stereocenters. The van der Waals surface area contributed by atoms with Gasteiger partial charge in [0.15, 0.2) is 5.88 Å². The Balaban J connectivity index is 1.15. The summed E-state index contributed by atoms with van der Waals surface area (Å²) in [6, 6.07) is 33.4. The van der Waals surface area contributed by atoms with Crippen molar-refractivity contribution >= 4 is 16.5 Å². The number of benzene rings is 3. The second-order valence-electron chi connectivity index (χ2n) is 9.68. The van der Waals surface area contributed by atoms with Crippen molar-refractivity contribution in [3.05, 3.63) is 126 Å². The van der Waals surface area contributed by atoms with E-state index in [0.717, 1.165) is 53.5 Å². The number of rotatable bonds is 7. The monoisotopic (exact) mass is 489 g/mol. The van der Waals surface area contributed by atoms with Gasteiger partial charge in [0, 0.05) is 48.0 Å². The summed E-state index contributed by atoms with van der Waals surface area (Å²) in [7, 11) is 0. The van der Waals surface area contributed by atoms with Gasteiger partial charge in [-0.05, 0) is 54.3 Å². The maximum atomic E-state index is 10.8. The summed E-state index contributed by atoms with van der Waals surface area (Å²) in [5, 5.41) is 12.8. The van der Waals surface area contributed by atoms with Crippen LogP contribution in [0.25, 0.3) is 10.8 Å². The lowest BCUT2D eigenvalue weighted by atomic mass is 10.00. The molecule has 37 heavy (non-hydrogen) atoms. The fourth-order valence-electron chi connectivity index (χ4n) is 5.37. The molecule has 3 heterocycles. The molecule has 5 nitrogen and oxygen atoms in total. The molecule has 5 heteroatoms. The molecular formula is C32H31N3O2. The normalized spacial score (nSPS) is 15.2. The minimum absolute atomic E-state index is 0.158. The van der Waals surface area contributed by atoms with Crippen molar-refractivity contribution < 1.29 is 9.84 Å². The van der Waals surface area contributed by atoms with Gasteiger partial charge in [0.05, 0.1) is 12.3 Å². The minimum atomic E-state index is -0.158. The molecule has 1 aliphatic rings. The topological polar surface area (TPSA) is 50.5 Å². The highest BCUT2D eigenvalue weighted by Crippen LogP contribution is 2.35. The average molecular weight is 490 g/mol. The first-order valence-electron chi connectivity index (χ1n) is 13.0. The Morgan fingerprint density at radius 2 is 1.51 bits per heavy atom. The molecule has 2 aromatic heterocycles. The Labute approximate surface area is 217 Å². The summed E-state index contributed by atoms with van der Waals surface area (Å²) in [5.41, 5.74) is 4.40. The van der Waals surface area contributed by atoms with Crippen LogP contribution in [0.1, 0.15) is 41.8 Å². The highest BCUT2D eigenvalue weighted by molar-refractivity contribution is 5.87. The van der Waals surface area contributed by atoms with Crippen LogP contribution in [0.15, 0.2) is 109 Å². The molecule has 0 aliphatic carbocycles. The molecule has 0 amide bonds. The van der Waals surface area contributed by atoms with Crippen molar-refractivity contribution in [3.63, 3.8) is 0 Å². The number of hydrogen-bond acceptors (Lipinski definition) is 4. The van der Waals surface area contributed by atoms with E-state index in [1.54, 1.807) is 6.20 Å². The van der Waals surface area contributed by atoms with Crippen molar-refractivity contribution in [2.45, 2.75) is 31.6 Å². The molecule has 1 N–H and O–H groups in total. The van der Waals surface area contributed by atoms with E-state index in [-0.39, 0.29) is 6.10 Å². The zero-order valence-corrected chi connectivity index (χ0v) is 20.8. The fourth-order valence-corrected chi connectivity index (χ4v) is 5.37. The SMILES string of the molecule is Oc1c2ccccc2cn1C1CCN(c2ccc(C(OCc3ccccn3)c3ccccc3)cc2)CC1. The van der Waals surface area contributed by atoms with Crippen LogP contribution >= 0.6 is 0 Å². The van der Waals surface area contributed by atoms with E-state index in [1.807, 2.05) is 42.5 Å². The number of anilines is 1. The molecule has 5 aromatic rings. The van der Waals surface area contributed by atoms with Crippen LogP contribution in [0.2, 0.25) is 0 Å². The summed E-state index contributed by atoms with van der Waals surface area (Å²) in [6.07, 6.45) is 5.73. The number of nitrogens with zero attached hydrogens (tertiary/aromatic N) is 3. The molecule has 0 bridgehead atoms. The van der Waals surface area contributed by atoms with Gasteiger partial charge < -0.3 is 19.3 Å². The Morgan fingerprint density at radius 3 is 2.24 bits per heavy atom. The smallest absolute Gasteiger partial charge is 0.199 e. The highest BCUT2D eigenvalue weighted by Gasteiger charge is 2.24. The summed E-state index contributed by atoms with van der Waals surface area (Å²) >= 11 is 0. The van der Waals surface area contributed by atoms with Gasteiger partial charge in [-0.15, -0.1) is 0 Å². The van der Waals surface area contributed by atoms with Crippen molar-refractivity contribution in [1.82, 2.24) is 9.55 Å². The maximum absolute atomic E-state index is 10.8. The number of ether oxygens (including phenoxy) is 1. The summed E-state index contributed by atoms with van der Waals surface area (Å²) in [5.74, 6) is 0.385. The number of fused-ring (bicyclic) bond motifs is 1. The highest BCUT2D eigenvalue weighted by atomic mass is 16.5. The Kier molecular flexibility index (Phi) is 6.61. The Hall–Kier alpha value is -4.09. The minimum Gasteiger partial charge on any atom is -0.494 e. The van der Waals surface area contributed by atoms with Crippen LogP contribution < -0.4 is 4.90 Å². The molecule has 3 aromatic carbocycles. The van der Waals surface area contributed by atoms with E-state index in [1.165, 1.54) is 5.69 Å². The van der Waals surface area contributed by atoms with Crippen LogP contribution in [0, 0.1) is 0 Å². The molecule has 1 saturated heterocycles. The largest absolute Gasteiger partial charge is 0.494 e. The molecule has 186 valence electrons. The van der Waals surface area contributed by atoms with Gasteiger partial charge in [0.1, 0.15) is 6.10 Å². The van der Waals surface area contributed by atoms with Crippen LogP contribution in [0.3, 0.4) is 0 Å². The predicted octanol–water partition coefficient (Wildman–Crippen LogP) is 6.89. The maximum Gasteiger partial charge on any atom is 0.199 e. The molecule has 0 radical (unpaired) electrons. The van der Waals surface area contributed by atoms with Crippen molar-refractivity contribution in [1.29, 1.82) is 0 Å². The third-order valence-electron chi connectivity index (χ3n) is 7.37. The first kappa shape index (κ1) is 23.3. The lowest BCUT2D eigenvalue weighted by molar-refractivity contribution is 0.0646. The molecular weight excluding hydrogens is 458 g/mol. The molecule has 6 rings (SSSR count). The van der Waals surface area contributed by atoms with E-state index in [4.69, 9.17) is 4.74 Å². The van der Waals surface area contributed by atoms with Gasteiger partial charge in [0.25, 0.3) is 0 Å². The van der Waals surface area contributed by atoms with Gasteiger partial charge in [-0.2, -0.15) is 0 Å². The Morgan fingerprint density at radius 1 is 0.811 bits per heavy atom. The first-order valence-corrected chi connectivity index (χ1v) is 13.0. The fraction of sp³-hybridized carbons (Fsp3) is 0.219. The average Bonchev–Trinajstić information content (AvgIpc) is 3.31. The van der Waals surface area contributed by atoms with Gasteiger partial charge >= 0.3 is 0 Å². The quantitative estimate of drug-likeness (QED) is 0.270. The van der Waals surface area contributed by atoms with E-state index in [0.29, 0.717) is 18.5 Å². The van der Waals surface area contributed by atoms with Crippen molar-refractivity contribution in [2.75, 3.05) is 18.0 Å². The zero-order valence-electron chi connectivity index (χ0n) is 20.8. The van der Waals surface area contributed by atoms with Gasteiger partial charge in [0.2, 0.25) is 0 Å². The number of piperidine rings is 1. The van der Waals surface area contributed by atoms with E-state index in [2.05, 4.69) is 75.2 Å². The van der Waals surface area contributed by atoms with Crippen LogP contribution in [0.4, 0.5) is 5.69 Å². The number of aromatic nitrogens is 2. The first-order chi connectivity index (χ1) is 18.3. The molecule has 1 atom stereocenters. The summed E-state index contributed by atoms with van der Waals surface area (Å²) in [4.78, 5) is 6.85. The van der Waals surface area contributed by atoms with Crippen molar-refractivity contribution in [2.24, 2.45) is 0 Å². The Bertz CT molecular complexity index is 1440. The lowest BCUT2D eigenvalue weighted by Gasteiger charge is -2.34. The molecule has 1 fully saturated rings. The number of pyridine rings is 1. The van der Waals surface area contributed by atoms with Crippen LogP contribution in [-0.4, -0.2) is 27.7 Å². The van der Waals surface area contributed by atoms with E-state index in [9.17, 15) is 5.11 Å². The second kappa shape index (κ2) is 10.5. The molecule has 0 spiro atoms. The van der Waals surface area contributed by atoms with Gasteiger partial charge in [-0.25, -0.2) is 0 Å². The second-order valence-corrected chi connectivity index (χ2v) is 9.68.